The van der Waals surface area contributed by atoms with E-state index in [2.05, 4.69) is 30.5 Å². The molecule has 0 spiro atoms. The average molecular weight is 294 g/mol. The normalized spacial score (nSPS) is 10.9. The van der Waals surface area contributed by atoms with Gasteiger partial charge in [0.05, 0.1) is 14.2 Å². The van der Waals surface area contributed by atoms with Crippen molar-refractivity contribution in [1.29, 1.82) is 0 Å². The largest absolute Gasteiger partial charge is 0.493 e. The van der Waals surface area contributed by atoms with Crippen LogP contribution in [0.25, 0.3) is 0 Å². The molecule has 1 aromatic carbocycles. The Morgan fingerprint density at radius 1 is 0.952 bits per heavy atom. The Kier molecular flexibility index (Phi) is 8.87. The molecule has 2 N–H and O–H groups in total. The monoisotopic (exact) mass is 294 g/mol. The van der Waals surface area contributed by atoms with Crippen LogP contribution >= 0.6 is 0 Å². The Morgan fingerprint density at radius 3 is 2.33 bits per heavy atom. The van der Waals surface area contributed by atoms with Crippen molar-refractivity contribution in [2.45, 2.75) is 26.7 Å². The SMILES string of the molecule is COc1ccc(CCNCCCNCC(C)C)cc1OC. The molecule has 0 saturated heterocycles. The van der Waals surface area contributed by atoms with Crippen LogP contribution in [0.3, 0.4) is 0 Å². The first kappa shape index (κ1) is 17.8. The van der Waals surface area contributed by atoms with Crippen LogP contribution in [0.1, 0.15) is 25.8 Å². The smallest absolute Gasteiger partial charge is 0.160 e. The van der Waals surface area contributed by atoms with Gasteiger partial charge in [0.1, 0.15) is 0 Å². The molecular weight excluding hydrogens is 264 g/mol. The van der Waals surface area contributed by atoms with Gasteiger partial charge in [-0.1, -0.05) is 19.9 Å². The van der Waals surface area contributed by atoms with E-state index in [9.17, 15) is 0 Å². The fourth-order valence-corrected chi connectivity index (χ4v) is 2.12. The molecule has 0 radical (unpaired) electrons. The van der Waals surface area contributed by atoms with Crippen LogP contribution in [0.15, 0.2) is 18.2 Å². The maximum absolute atomic E-state index is 5.31. The van der Waals surface area contributed by atoms with Crippen LogP contribution < -0.4 is 20.1 Å². The highest BCUT2D eigenvalue weighted by molar-refractivity contribution is 5.42. The number of rotatable bonds is 11. The summed E-state index contributed by atoms with van der Waals surface area (Å²) in [7, 11) is 3.33. The first-order valence-electron chi connectivity index (χ1n) is 7.79. The Labute approximate surface area is 129 Å². The highest BCUT2D eigenvalue weighted by Gasteiger charge is 2.04. The van der Waals surface area contributed by atoms with Gasteiger partial charge in [0.15, 0.2) is 11.5 Å². The topological polar surface area (TPSA) is 42.5 Å². The lowest BCUT2D eigenvalue weighted by Gasteiger charge is -2.10. The lowest BCUT2D eigenvalue weighted by molar-refractivity contribution is 0.354. The van der Waals surface area contributed by atoms with Crippen LogP contribution in [0.4, 0.5) is 0 Å². The zero-order chi connectivity index (χ0) is 15.5. The molecule has 0 saturated carbocycles. The fraction of sp³-hybridized carbons (Fsp3) is 0.647. The van der Waals surface area contributed by atoms with Crippen molar-refractivity contribution in [2.75, 3.05) is 40.4 Å². The van der Waals surface area contributed by atoms with E-state index in [-0.39, 0.29) is 0 Å². The summed E-state index contributed by atoms with van der Waals surface area (Å²) in [5, 5.41) is 6.93. The number of hydrogen-bond acceptors (Lipinski definition) is 4. The Balaban J connectivity index is 2.15. The molecule has 0 bridgehead atoms. The van der Waals surface area contributed by atoms with Gasteiger partial charge >= 0.3 is 0 Å². The average Bonchev–Trinajstić information content (AvgIpc) is 2.49. The highest BCUT2D eigenvalue weighted by atomic mass is 16.5. The second-order valence-electron chi connectivity index (χ2n) is 5.64. The predicted octanol–water partition coefficient (Wildman–Crippen LogP) is 2.47. The number of ether oxygens (including phenoxy) is 2. The van der Waals surface area contributed by atoms with Crippen molar-refractivity contribution in [2.24, 2.45) is 5.92 Å². The van der Waals surface area contributed by atoms with E-state index in [0.29, 0.717) is 0 Å². The first-order chi connectivity index (χ1) is 10.2. The molecule has 0 fully saturated rings. The van der Waals surface area contributed by atoms with Crippen LogP contribution in [0.5, 0.6) is 11.5 Å². The van der Waals surface area contributed by atoms with E-state index in [0.717, 1.165) is 50.0 Å². The number of nitrogens with one attached hydrogen (secondary N) is 2. The molecule has 4 heteroatoms. The minimum absolute atomic E-state index is 0.725. The minimum Gasteiger partial charge on any atom is -0.493 e. The Bertz CT molecular complexity index is 394. The molecule has 21 heavy (non-hydrogen) atoms. The molecule has 0 heterocycles. The first-order valence-corrected chi connectivity index (χ1v) is 7.79. The van der Waals surface area contributed by atoms with Gasteiger partial charge in [-0.3, -0.25) is 0 Å². The standard InChI is InChI=1S/C17H30N2O2/c1-14(2)13-19-10-5-9-18-11-8-15-6-7-16(20-3)17(12-15)21-4/h6-7,12,14,18-19H,5,8-11,13H2,1-4H3. The molecule has 1 aromatic rings. The molecule has 0 unspecified atom stereocenters. The number of hydrogen-bond donors (Lipinski definition) is 2. The number of methoxy groups -OCH3 is 2. The van der Waals surface area contributed by atoms with E-state index in [1.54, 1.807) is 14.2 Å². The summed E-state index contributed by atoms with van der Waals surface area (Å²) < 4.78 is 10.6. The third-order valence-corrected chi connectivity index (χ3v) is 3.30. The second-order valence-corrected chi connectivity index (χ2v) is 5.64. The molecule has 0 aliphatic heterocycles. The molecule has 0 aliphatic carbocycles. The van der Waals surface area contributed by atoms with Crippen LogP contribution in [-0.4, -0.2) is 40.4 Å². The zero-order valence-corrected chi connectivity index (χ0v) is 13.9. The van der Waals surface area contributed by atoms with E-state index < -0.39 is 0 Å². The molecule has 1 rings (SSSR count). The van der Waals surface area contributed by atoms with E-state index >= 15 is 0 Å². The van der Waals surface area contributed by atoms with Crippen molar-refractivity contribution < 1.29 is 9.47 Å². The van der Waals surface area contributed by atoms with Crippen LogP contribution in [0.2, 0.25) is 0 Å². The van der Waals surface area contributed by atoms with Gasteiger partial charge in [-0.15, -0.1) is 0 Å². The van der Waals surface area contributed by atoms with Gasteiger partial charge in [0.25, 0.3) is 0 Å². The zero-order valence-electron chi connectivity index (χ0n) is 13.9. The fourth-order valence-electron chi connectivity index (χ4n) is 2.12. The Hall–Kier alpha value is -1.26. The summed E-state index contributed by atoms with van der Waals surface area (Å²) in [4.78, 5) is 0. The van der Waals surface area contributed by atoms with Gasteiger partial charge in [-0.05, 0) is 62.6 Å². The van der Waals surface area contributed by atoms with Crippen molar-refractivity contribution in [3.8, 4) is 11.5 Å². The highest BCUT2D eigenvalue weighted by Crippen LogP contribution is 2.27. The Morgan fingerprint density at radius 2 is 1.67 bits per heavy atom. The summed E-state index contributed by atoms with van der Waals surface area (Å²) in [6.07, 6.45) is 2.17. The van der Waals surface area contributed by atoms with E-state index in [1.807, 2.05) is 12.1 Å². The number of benzene rings is 1. The van der Waals surface area contributed by atoms with Gasteiger partial charge in [-0.25, -0.2) is 0 Å². The summed E-state index contributed by atoms with van der Waals surface area (Å²) >= 11 is 0. The van der Waals surface area contributed by atoms with Gasteiger partial charge < -0.3 is 20.1 Å². The minimum atomic E-state index is 0.725. The van der Waals surface area contributed by atoms with E-state index in [4.69, 9.17) is 9.47 Å². The molecular formula is C17H30N2O2. The molecule has 4 nitrogen and oxygen atoms in total. The third kappa shape index (κ3) is 7.34. The van der Waals surface area contributed by atoms with Crippen LogP contribution in [-0.2, 0) is 6.42 Å². The summed E-state index contributed by atoms with van der Waals surface area (Å²) in [6, 6.07) is 6.10. The molecule has 0 amide bonds. The lowest BCUT2D eigenvalue weighted by atomic mass is 10.1. The van der Waals surface area contributed by atoms with Gasteiger partial charge in [0, 0.05) is 0 Å². The lowest BCUT2D eigenvalue weighted by Crippen LogP contribution is -2.25. The van der Waals surface area contributed by atoms with Crippen LogP contribution in [0, 0.1) is 5.92 Å². The maximum Gasteiger partial charge on any atom is 0.160 e. The van der Waals surface area contributed by atoms with Gasteiger partial charge in [0.2, 0.25) is 0 Å². The second kappa shape index (κ2) is 10.5. The predicted molar refractivity (Wildman–Crippen MR) is 88.4 cm³/mol. The van der Waals surface area contributed by atoms with Crippen molar-refractivity contribution in [3.63, 3.8) is 0 Å². The molecule has 0 aliphatic rings. The van der Waals surface area contributed by atoms with Crippen molar-refractivity contribution in [1.82, 2.24) is 10.6 Å². The van der Waals surface area contributed by atoms with Gasteiger partial charge in [-0.2, -0.15) is 0 Å². The summed E-state index contributed by atoms with van der Waals surface area (Å²) in [5.74, 6) is 2.31. The molecule has 120 valence electrons. The van der Waals surface area contributed by atoms with E-state index in [1.165, 1.54) is 12.0 Å². The maximum atomic E-state index is 5.31. The van der Waals surface area contributed by atoms with Crippen molar-refractivity contribution in [3.05, 3.63) is 23.8 Å². The molecule has 0 atom stereocenters. The molecule has 0 aromatic heterocycles. The summed E-state index contributed by atoms with van der Waals surface area (Å²) in [5.41, 5.74) is 1.26. The summed E-state index contributed by atoms with van der Waals surface area (Å²) in [6.45, 7) is 8.69. The van der Waals surface area contributed by atoms with Crippen molar-refractivity contribution >= 4 is 0 Å². The third-order valence-electron chi connectivity index (χ3n) is 3.30. The quantitative estimate of drug-likeness (QED) is 0.615.